The maximum Gasteiger partial charge on any atom is 0.253 e. The number of nitrogens with zero attached hydrogens (tertiary/aromatic N) is 1. The summed E-state index contributed by atoms with van der Waals surface area (Å²) < 4.78 is 0. The van der Waals surface area contributed by atoms with Gasteiger partial charge >= 0.3 is 0 Å². The highest BCUT2D eigenvalue weighted by Crippen LogP contribution is 2.21. The van der Waals surface area contributed by atoms with Crippen molar-refractivity contribution >= 4 is 11.8 Å². The second-order valence-corrected chi connectivity index (χ2v) is 5.11. The summed E-state index contributed by atoms with van der Waals surface area (Å²) in [7, 11) is 0. The number of primary amides is 1. The molecule has 1 atom stereocenters. The smallest absolute Gasteiger partial charge is 0.253 e. The summed E-state index contributed by atoms with van der Waals surface area (Å²) in [6, 6.07) is 6.57. The highest BCUT2D eigenvalue weighted by atomic mass is 16.2. The maximum atomic E-state index is 12.4. The first kappa shape index (κ1) is 13.6. The van der Waals surface area contributed by atoms with E-state index in [0.717, 1.165) is 25.9 Å². The van der Waals surface area contributed by atoms with Crippen molar-refractivity contribution in [2.24, 2.45) is 11.7 Å². The van der Waals surface area contributed by atoms with Crippen LogP contribution in [0.15, 0.2) is 24.3 Å². The van der Waals surface area contributed by atoms with Crippen molar-refractivity contribution in [3.63, 3.8) is 0 Å². The van der Waals surface area contributed by atoms with Crippen molar-refractivity contribution < 1.29 is 9.59 Å². The lowest BCUT2D eigenvalue weighted by Crippen LogP contribution is -2.39. The van der Waals surface area contributed by atoms with Crippen molar-refractivity contribution in [2.75, 3.05) is 13.1 Å². The van der Waals surface area contributed by atoms with Gasteiger partial charge in [0.2, 0.25) is 5.91 Å². The molecular weight excluding hydrogens is 240 g/mol. The van der Waals surface area contributed by atoms with Gasteiger partial charge in [0.1, 0.15) is 0 Å². The normalized spacial score (nSPS) is 19.2. The lowest BCUT2D eigenvalue weighted by molar-refractivity contribution is 0.0671. The Morgan fingerprint density at radius 3 is 2.47 bits per heavy atom. The Hall–Kier alpha value is -1.84. The Bertz CT molecular complexity index is 468. The third-order valence-corrected chi connectivity index (χ3v) is 3.80. The molecule has 0 bridgehead atoms. The molecule has 1 aliphatic heterocycles. The predicted molar refractivity (Wildman–Crippen MR) is 73.9 cm³/mol. The summed E-state index contributed by atoms with van der Waals surface area (Å²) in [6.07, 6.45) is 3.40. The minimum atomic E-state index is -0.469. The number of benzene rings is 1. The zero-order chi connectivity index (χ0) is 13.8. The van der Waals surface area contributed by atoms with Crippen molar-refractivity contribution in [1.29, 1.82) is 0 Å². The van der Waals surface area contributed by atoms with Crippen molar-refractivity contribution in [3.05, 3.63) is 35.4 Å². The number of hydrogen-bond acceptors (Lipinski definition) is 2. The average Bonchev–Trinajstić information content (AvgIpc) is 2.46. The topological polar surface area (TPSA) is 63.4 Å². The molecule has 4 nitrogen and oxygen atoms in total. The molecule has 2 rings (SSSR count). The minimum Gasteiger partial charge on any atom is -0.366 e. The Labute approximate surface area is 113 Å². The lowest BCUT2D eigenvalue weighted by Gasteiger charge is -2.32. The van der Waals surface area contributed by atoms with Crippen LogP contribution in [-0.2, 0) is 0 Å². The molecule has 1 aliphatic rings. The molecule has 0 aromatic heterocycles. The van der Waals surface area contributed by atoms with Gasteiger partial charge in [-0.05, 0) is 43.0 Å². The van der Waals surface area contributed by atoms with Gasteiger partial charge < -0.3 is 10.6 Å². The first-order chi connectivity index (χ1) is 9.11. The molecule has 1 aromatic carbocycles. The Kier molecular flexibility index (Phi) is 4.20. The number of likely N-dealkylation sites (tertiary alicyclic amines) is 1. The van der Waals surface area contributed by atoms with Gasteiger partial charge in [-0.1, -0.05) is 13.3 Å². The SMILES string of the molecule is CCC1CCCN(C(=O)c2ccc(C(N)=O)cc2)C1. The summed E-state index contributed by atoms with van der Waals surface area (Å²) in [5.74, 6) is 0.194. The van der Waals surface area contributed by atoms with Crippen LogP contribution in [0, 0.1) is 5.92 Å². The van der Waals surface area contributed by atoms with Gasteiger partial charge in [-0.2, -0.15) is 0 Å². The second kappa shape index (κ2) is 5.87. The van der Waals surface area contributed by atoms with Crippen LogP contribution in [0.1, 0.15) is 46.9 Å². The Balaban J connectivity index is 2.08. The number of carbonyl (C=O) groups excluding carboxylic acids is 2. The second-order valence-electron chi connectivity index (χ2n) is 5.11. The van der Waals surface area contributed by atoms with Gasteiger partial charge in [-0.3, -0.25) is 9.59 Å². The zero-order valence-electron chi connectivity index (χ0n) is 11.3. The van der Waals surface area contributed by atoms with Crippen LogP contribution in [0.2, 0.25) is 0 Å². The largest absolute Gasteiger partial charge is 0.366 e. The fraction of sp³-hybridized carbons (Fsp3) is 0.467. The van der Waals surface area contributed by atoms with Crippen molar-refractivity contribution in [1.82, 2.24) is 4.90 Å². The third-order valence-electron chi connectivity index (χ3n) is 3.80. The summed E-state index contributed by atoms with van der Waals surface area (Å²) in [5.41, 5.74) is 6.24. The molecular formula is C15H20N2O2. The van der Waals surface area contributed by atoms with Gasteiger partial charge in [-0.15, -0.1) is 0 Å². The van der Waals surface area contributed by atoms with Gasteiger partial charge in [-0.25, -0.2) is 0 Å². The third kappa shape index (κ3) is 3.13. The summed E-state index contributed by atoms with van der Waals surface area (Å²) in [5, 5.41) is 0. The van der Waals surface area contributed by atoms with Crippen LogP contribution in [0.4, 0.5) is 0 Å². The Morgan fingerprint density at radius 1 is 1.26 bits per heavy atom. The van der Waals surface area contributed by atoms with Crippen LogP contribution < -0.4 is 5.73 Å². The van der Waals surface area contributed by atoms with E-state index in [-0.39, 0.29) is 5.91 Å². The van der Waals surface area contributed by atoms with Gasteiger partial charge in [0.05, 0.1) is 0 Å². The van der Waals surface area contributed by atoms with Crippen LogP contribution in [0.25, 0.3) is 0 Å². The van der Waals surface area contributed by atoms with Crippen LogP contribution in [-0.4, -0.2) is 29.8 Å². The molecule has 1 unspecified atom stereocenters. The fourth-order valence-corrected chi connectivity index (χ4v) is 2.54. The van der Waals surface area contributed by atoms with E-state index in [2.05, 4.69) is 6.92 Å². The van der Waals surface area contributed by atoms with E-state index < -0.39 is 5.91 Å². The lowest BCUT2D eigenvalue weighted by atomic mass is 9.95. The van der Waals surface area contributed by atoms with Gasteiger partial charge in [0.25, 0.3) is 5.91 Å². The maximum absolute atomic E-state index is 12.4. The highest BCUT2D eigenvalue weighted by molar-refractivity contribution is 5.97. The first-order valence-electron chi connectivity index (χ1n) is 6.81. The molecule has 2 N–H and O–H groups in total. The van der Waals surface area contributed by atoms with Crippen molar-refractivity contribution in [3.8, 4) is 0 Å². The van der Waals surface area contributed by atoms with Crippen molar-refractivity contribution in [2.45, 2.75) is 26.2 Å². The average molecular weight is 260 g/mol. The number of nitrogens with two attached hydrogens (primary N) is 1. The van der Waals surface area contributed by atoms with E-state index in [9.17, 15) is 9.59 Å². The van der Waals surface area contributed by atoms with Gasteiger partial charge in [0, 0.05) is 24.2 Å². The van der Waals surface area contributed by atoms with E-state index in [1.54, 1.807) is 24.3 Å². The summed E-state index contributed by atoms with van der Waals surface area (Å²) in [6.45, 7) is 3.83. The molecule has 1 fully saturated rings. The van der Waals surface area contributed by atoms with E-state index >= 15 is 0 Å². The molecule has 1 aromatic rings. The molecule has 0 spiro atoms. The molecule has 1 heterocycles. The van der Waals surface area contributed by atoms with E-state index in [1.165, 1.54) is 6.42 Å². The zero-order valence-corrected chi connectivity index (χ0v) is 11.3. The molecule has 102 valence electrons. The minimum absolute atomic E-state index is 0.0502. The number of rotatable bonds is 3. The van der Waals surface area contributed by atoms with Crippen LogP contribution >= 0.6 is 0 Å². The van der Waals surface area contributed by atoms with E-state index in [0.29, 0.717) is 17.0 Å². The Morgan fingerprint density at radius 2 is 1.89 bits per heavy atom. The summed E-state index contributed by atoms with van der Waals surface area (Å²) >= 11 is 0. The van der Waals surface area contributed by atoms with E-state index in [4.69, 9.17) is 5.73 Å². The molecule has 0 aliphatic carbocycles. The quantitative estimate of drug-likeness (QED) is 0.904. The molecule has 0 saturated carbocycles. The fourth-order valence-electron chi connectivity index (χ4n) is 2.54. The summed E-state index contributed by atoms with van der Waals surface area (Å²) in [4.78, 5) is 25.3. The molecule has 19 heavy (non-hydrogen) atoms. The number of carbonyl (C=O) groups is 2. The number of piperidine rings is 1. The number of amides is 2. The molecule has 4 heteroatoms. The van der Waals surface area contributed by atoms with Gasteiger partial charge in [0.15, 0.2) is 0 Å². The standard InChI is InChI=1S/C15H20N2O2/c1-2-11-4-3-9-17(10-11)15(19)13-7-5-12(6-8-13)14(16)18/h5-8,11H,2-4,9-10H2,1H3,(H2,16,18). The molecule has 1 saturated heterocycles. The monoisotopic (exact) mass is 260 g/mol. The molecule has 2 amide bonds. The van der Waals surface area contributed by atoms with E-state index in [1.807, 2.05) is 4.90 Å². The first-order valence-corrected chi connectivity index (χ1v) is 6.81. The van der Waals surface area contributed by atoms with Crippen LogP contribution in [0.5, 0.6) is 0 Å². The number of hydrogen-bond donors (Lipinski definition) is 1. The predicted octanol–water partition coefficient (Wildman–Crippen LogP) is 2.05. The van der Waals surface area contributed by atoms with Crippen LogP contribution in [0.3, 0.4) is 0 Å². The highest BCUT2D eigenvalue weighted by Gasteiger charge is 2.23. The molecule has 0 radical (unpaired) electrons.